The highest BCUT2D eigenvalue weighted by Gasteiger charge is 2.13. The Balaban J connectivity index is 2.07. The van der Waals surface area contributed by atoms with E-state index in [4.69, 9.17) is 10.4 Å². The fourth-order valence-electron chi connectivity index (χ4n) is 1.96. The van der Waals surface area contributed by atoms with Crippen LogP contribution < -0.4 is 5.32 Å². The summed E-state index contributed by atoms with van der Waals surface area (Å²) in [6.45, 7) is 1.66. The van der Waals surface area contributed by atoms with Crippen LogP contribution in [0.3, 0.4) is 0 Å². The number of hydrogen-bond acceptors (Lipinski definition) is 4. The Morgan fingerprint density at radius 3 is 2.61 bits per heavy atom. The zero-order valence-electron chi connectivity index (χ0n) is 12.8. The molecule has 0 aliphatic carbocycles. The summed E-state index contributed by atoms with van der Waals surface area (Å²) >= 11 is 1.57. The molecule has 0 bridgehead atoms. The molecular formula is C18H18N2O2S. The summed E-state index contributed by atoms with van der Waals surface area (Å²) in [4.78, 5) is 13.1. The molecular weight excluding hydrogens is 308 g/mol. The van der Waals surface area contributed by atoms with Gasteiger partial charge in [-0.25, -0.2) is 0 Å². The number of amides is 1. The lowest BCUT2D eigenvalue weighted by Gasteiger charge is -2.13. The molecule has 0 fully saturated rings. The van der Waals surface area contributed by atoms with Crippen molar-refractivity contribution in [2.24, 2.45) is 0 Å². The van der Waals surface area contributed by atoms with Crippen molar-refractivity contribution in [2.45, 2.75) is 23.6 Å². The number of aliphatic hydroxyl groups is 1. The van der Waals surface area contributed by atoms with Crippen molar-refractivity contribution >= 4 is 17.7 Å². The van der Waals surface area contributed by atoms with Crippen LogP contribution in [0.2, 0.25) is 0 Å². The van der Waals surface area contributed by atoms with Crippen LogP contribution in [-0.2, 0) is 5.75 Å². The van der Waals surface area contributed by atoms with E-state index in [9.17, 15) is 4.79 Å². The predicted molar refractivity (Wildman–Crippen MR) is 91.2 cm³/mol. The standard InChI is InChI=1S/C18H18N2O2S/c1-13(11-21)20-18(22)16-4-2-3-5-17(16)23-12-15-8-6-14(10-19)7-9-15/h2-9,13,21H,11-12H2,1H3,(H,20,22). The van der Waals surface area contributed by atoms with Gasteiger partial charge < -0.3 is 10.4 Å². The molecule has 0 radical (unpaired) electrons. The maximum atomic E-state index is 12.3. The van der Waals surface area contributed by atoms with Gasteiger partial charge in [-0.05, 0) is 36.8 Å². The number of aliphatic hydroxyl groups excluding tert-OH is 1. The van der Waals surface area contributed by atoms with E-state index in [1.165, 1.54) is 0 Å². The summed E-state index contributed by atoms with van der Waals surface area (Å²) in [6.07, 6.45) is 0. The predicted octanol–water partition coefficient (Wildman–Crippen LogP) is 2.96. The molecule has 0 aliphatic rings. The van der Waals surface area contributed by atoms with E-state index in [0.717, 1.165) is 10.5 Å². The average molecular weight is 326 g/mol. The molecule has 0 spiro atoms. The van der Waals surface area contributed by atoms with Gasteiger partial charge >= 0.3 is 0 Å². The van der Waals surface area contributed by atoms with Gasteiger partial charge in [0.25, 0.3) is 5.91 Å². The Morgan fingerprint density at radius 1 is 1.26 bits per heavy atom. The summed E-state index contributed by atoms with van der Waals surface area (Å²) in [5.41, 5.74) is 2.33. The van der Waals surface area contributed by atoms with E-state index in [2.05, 4.69) is 11.4 Å². The third-order valence-electron chi connectivity index (χ3n) is 3.26. The number of nitriles is 1. The number of thioether (sulfide) groups is 1. The van der Waals surface area contributed by atoms with E-state index in [0.29, 0.717) is 16.9 Å². The summed E-state index contributed by atoms with van der Waals surface area (Å²) < 4.78 is 0. The molecule has 2 aromatic rings. The number of hydrogen-bond donors (Lipinski definition) is 2. The average Bonchev–Trinajstić information content (AvgIpc) is 2.60. The minimum Gasteiger partial charge on any atom is -0.394 e. The zero-order chi connectivity index (χ0) is 16.7. The molecule has 118 valence electrons. The number of nitrogens with zero attached hydrogens (tertiary/aromatic N) is 1. The molecule has 0 heterocycles. The summed E-state index contributed by atoms with van der Waals surface area (Å²) in [5, 5.41) is 20.6. The second kappa shape index (κ2) is 8.37. The molecule has 1 unspecified atom stereocenters. The molecule has 23 heavy (non-hydrogen) atoms. The molecule has 5 heteroatoms. The Bertz CT molecular complexity index is 708. The van der Waals surface area contributed by atoms with Gasteiger partial charge in [-0.2, -0.15) is 5.26 Å². The van der Waals surface area contributed by atoms with Crippen LogP contribution in [0.25, 0.3) is 0 Å². The second-order valence-electron chi connectivity index (χ2n) is 5.15. The molecule has 1 atom stereocenters. The SMILES string of the molecule is CC(CO)NC(=O)c1ccccc1SCc1ccc(C#N)cc1. The van der Waals surface area contributed by atoms with Gasteiger partial charge in [0.1, 0.15) is 0 Å². The molecule has 2 N–H and O–H groups in total. The molecule has 2 rings (SSSR count). The van der Waals surface area contributed by atoms with Crippen molar-refractivity contribution in [2.75, 3.05) is 6.61 Å². The van der Waals surface area contributed by atoms with Crippen molar-refractivity contribution in [3.05, 3.63) is 65.2 Å². The van der Waals surface area contributed by atoms with Crippen molar-refractivity contribution in [3.8, 4) is 6.07 Å². The van der Waals surface area contributed by atoms with Crippen LogP contribution in [0.5, 0.6) is 0 Å². The van der Waals surface area contributed by atoms with Crippen molar-refractivity contribution in [3.63, 3.8) is 0 Å². The fraction of sp³-hybridized carbons (Fsp3) is 0.222. The lowest BCUT2D eigenvalue weighted by Crippen LogP contribution is -2.35. The Morgan fingerprint density at radius 2 is 1.96 bits per heavy atom. The van der Waals surface area contributed by atoms with Crippen LogP contribution in [0.4, 0.5) is 0 Å². The summed E-state index contributed by atoms with van der Waals surface area (Å²) in [6, 6.07) is 16.6. The van der Waals surface area contributed by atoms with Gasteiger partial charge in [-0.15, -0.1) is 11.8 Å². The quantitative estimate of drug-likeness (QED) is 0.801. The summed E-state index contributed by atoms with van der Waals surface area (Å²) in [5.74, 6) is 0.528. The van der Waals surface area contributed by atoms with E-state index < -0.39 is 0 Å². The Labute approximate surface area is 140 Å². The van der Waals surface area contributed by atoms with Crippen LogP contribution in [0.15, 0.2) is 53.4 Å². The van der Waals surface area contributed by atoms with E-state index >= 15 is 0 Å². The molecule has 1 amide bonds. The maximum Gasteiger partial charge on any atom is 0.252 e. The van der Waals surface area contributed by atoms with Crippen LogP contribution >= 0.6 is 11.8 Å². The van der Waals surface area contributed by atoms with Crippen molar-refractivity contribution in [1.82, 2.24) is 5.32 Å². The first-order valence-electron chi connectivity index (χ1n) is 7.26. The van der Waals surface area contributed by atoms with Crippen molar-refractivity contribution < 1.29 is 9.90 Å². The van der Waals surface area contributed by atoms with E-state index in [1.807, 2.05) is 30.3 Å². The van der Waals surface area contributed by atoms with Crippen LogP contribution in [0, 0.1) is 11.3 Å². The first-order valence-corrected chi connectivity index (χ1v) is 8.25. The van der Waals surface area contributed by atoms with Gasteiger partial charge in [0.15, 0.2) is 0 Å². The molecule has 0 saturated heterocycles. The van der Waals surface area contributed by atoms with Crippen molar-refractivity contribution in [1.29, 1.82) is 5.26 Å². The van der Waals surface area contributed by atoms with Gasteiger partial charge in [0.05, 0.1) is 23.8 Å². The van der Waals surface area contributed by atoms with Gasteiger partial charge in [0, 0.05) is 16.7 Å². The van der Waals surface area contributed by atoms with E-state index in [1.54, 1.807) is 36.9 Å². The molecule has 0 aliphatic heterocycles. The number of rotatable bonds is 6. The first kappa shape index (κ1) is 17.1. The van der Waals surface area contributed by atoms with E-state index in [-0.39, 0.29) is 18.6 Å². The molecule has 4 nitrogen and oxygen atoms in total. The van der Waals surface area contributed by atoms with Gasteiger partial charge in [0.2, 0.25) is 0 Å². The topological polar surface area (TPSA) is 73.1 Å². The molecule has 2 aromatic carbocycles. The molecule has 0 aromatic heterocycles. The minimum absolute atomic E-state index is 0.0910. The smallest absolute Gasteiger partial charge is 0.252 e. The van der Waals surface area contributed by atoms with Crippen LogP contribution in [-0.4, -0.2) is 23.7 Å². The molecule has 0 saturated carbocycles. The van der Waals surface area contributed by atoms with Crippen LogP contribution in [0.1, 0.15) is 28.4 Å². The fourth-order valence-corrected chi connectivity index (χ4v) is 2.97. The highest BCUT2D eigenvalue weighted by Crippen LogP contribution is 2.26. The van der Waals surface area contributed by atoms with Gasteiger partial charge in [-0.3, -0.25) is 4.79 Å². The Kier molecular flexibility index (Phi) is 6.21. The zero-order valence-corrected chi connectivity index (χ0v) is 13.6. The largest absolute Gasteiger partial charge is 0.394 e. The summed E-state index contributed by atoms with van der Waals surface area (Å²) in [7, 11) is 0. The number of nitrogens with one attached hydrogen (secondary N) is 1. The number of carbonyl (C=O) groups is 1. The number of benzene rings is 2. The first-order chi connectivity index (χ1) is 11.1. The Hall–Kier alpha value is -2.29. The third-order valence-corrected chi connectivity index (χ3v) is 4.41. The second-order valence-corrected chi connectivity index (χ2v) is 6.17. The lowest BCUT2D eigenvalue weighted by atomic mass is 10.2. The highest BCUT2D eigenvalue weighted by atomic mass is 32.2. The maximum absolute atomic E-state index is 12.3. The minimum atomic E-state index is -0.279. The monoisotopic (exact) mass is 326 g/mol. The highest BCUT2D eigenvalue weighted by molar-refractivity contribution is 7.98. The van der Waals surface area contributed by atoms with Gasteiger partial charge in [-0.1, -0.05) is 24.3 Å². The third kappa shape index (κ3) is 4.85. The normalized spacial score (nSPS) is 11.5. The lowest BCUT2D eigenvalue weighted by molar-refractivity contribution is 0.0919. The number of carbonyl (C=O) groups excluding carboxylic acids is 1.